The van der Waals surface area contributed by atoms with Crippen molar-refractivity contribution in [3.05, 3.63) is 28.5 Å². The largest absolute Gasteiger partial charge is 0.328 e. The fraction of sp³-hybridized carbons (Fsp3) is 0.500. The minimum absolute atomic E-state index is 0.287. The SMILES string of the molecule is CC(C)CCCCn1c(=S)[nH]c2c(F)cc(F)cc21. The first-order valence-corrected chi connectivity index (χ1v) is 6.97. The molecule has 0 fully saturated rings. The van der Waals surface area contributed by atoms with Crippen molar-refractivity contribution in [1.29, 1.82) is 0 Å². The molecule has 19 heavy (non-hydrogen) atoms. The fourth-order valence-electron chi connectivity index (χ4n) is 2.22. The monoisotopic (exact) mass is 284 g/mol. The number of halogens is 2. The number of fused-ring (bicyclic) bond motifs is 1. The van der Waals surface area contributed by atoms with Gasteiger partial charge in [-0.05, 0) is 30.6 Å². The van der Waals surface area contributed by atoms with E-state index in [0.717, 1.165) is 25.3 Å². The summed E-state index contributed by atoms with van der Waals surface area (Å²) in [6.45, 7) is 5.05. The highest BCUT2D eigenvalue weighted by Crippen LogP contribution is 2.20. The molecule has 1 aromatic carbocycles. The van der Waals surface area contributed by atoms with E-state index in [2.05, 4.69) is 18.8 Å². The van der Waals surface area contributed by atoms with Gasteiger partial charge in [0.15, 0.2) is 10.6 Å². The first kappa shape index (κ1) is 14.2. The minimum Gasteiger partial charge on any atom is -0.328 e. The summed E-state index contributed by atoms with van der Waals surface area (Å²) in [5.74, 6) is -0.497. The Hall–Kier alpha value is -1.23. The lowest BCUT2D eigenvalue weighted by Gasteiger charge is -2.06. The average Bonchev–Trinajstić information content (AvgIpc) is 2.62. The number of benzene rings is 1. The van der Waals surface area contributed by atoms with E-state index in [1.807, 2.05) is 0 Å². The number of H-pyrrole nitrogens is 1. The predicted octanol–water partition coefficient (Wildman–Crippen LogP) is 4.80. The van der Waals surface area contributed by atoms with E-state index < -0.39 is 11.6 Å². The molecule has 0 aliphatic carbocycles. The van der Waals surface area contributed by atoms with Crippen molar-refractivity contribution in [3.63, 3.8) is 0 Å². The van der Waals surface area contributed by atoms with Crippen LogP contribution in [0, 0.1) is 22.3 Å². The van der Waals surface area contributed by atoms with Crippen LogP contribution in [-0.2, 0) is 6.54 Å². The molecule has 104 valence electrons. The number of aromatic nitrogens is 2. The first-order chi connectivity index (χ1) is 8.99. The molecule has 0 bridgehead atoms. The molecule has 0 radical (unpaired) electrons. The molecule has 0 saturated heterocycles. The van der Waals surface area contributed by atoms with Crippen LogP contribution in [-0.4, -0.2) is 9.55 Å². The zero-order chi connectivity index (χ0) is 14.0. The molecule has 0 saturated carbocycles. The Balaban J connectivity index is 2.23. The normalized spacial score (nSPS) is 11.6. The Morgan fingerprint density at radius 1 is 1.26 bits per heavy atom. The number of aromatic amines is 1. The van der Waals surface area contributed by atoms with Crippen LogP contribution in [0.4, 0.5) is 8.78 Å². The molecule has 0 spiro atoms. The van der Waals surface area contributed by atoms with Crippen molar-refractivity contribution in [2.75, 3.05) is 0 Å². The van der Waals surface area contributed by atoms with Crippen molar-refractivity contribution < 1.29 is 8.78 Å². The van der Waals surface area contributed by atoms with Crippen molar-refractivity contribution >= 4 is 23.3 Å². The van der Waals surface area contributed by atoms with Gasteiger partial charge in [0.25, 0.3) is 0 Å². The van der Waals surface area contributed by atoms with E-state index in [0.29, 0.717) is 22.8 Å². The maximum Gasteiger partial charge on any atom is 0.178 e. The summed E-state index contributed by atoms with van der Waals surface area (Å²) in [5.41, 5.74) is 0.794. The lowest BCUT2D eigenvalue weighted by atomic mass is 10.1. The highest BCUT2D eigenvalue weighted by molar-refractivity contribution is 7.71. The van der Waals surface area contributed by atoms with Crippen molar-refractivity contribution in [2.45, 2.75) is 39.7 Å². The van der Waals surface area contributed by atoms with Crippen molar-refractivity contribution in [2.24, 2.45) is 5.92 Å². The van der Waals surface area contributed by atoms with Crippen LogP contribution in [0.5, 0.6) is 0 Å². The van der Waals surface area contributed by atoms with E-state index >= 15 is 0 Å². The van der Waals surface area contributed by atoms with Gasteiger partial charge in [-0.3, -0.25) is 0 Å². The van der Waals surface area contributed by atoms with Crippen molar-refractivity contribution in [1.82, 2.24) is 9.55 Å². The molecule has 0 aliphatic rings. The smallest absolute Gasteiger partial charge is 0.178 e. The summed E-state index contributed by atoms with van der Waals surface area (Å²) in [6.07, 6.45) is 3.19. The van der Waals surface area contributed by atoms with Gasteiger partial charge in [-0.25, -0.2) is 8.78 Å². The number of nitrogens with one attached hydrogen (secondary N) is 1. The van der Waals surface area contributed by atoms with Crippen LogP contribution in [0.1, 0.15) is 33.1 Å². The number of aryl methyl sites for hydroxylation is 1. The molecule has 1 aromatic heterocycles. The van der Waals surface area contributed by atoms with E-state index in [1.54, 1.807) is 4.57 Å². The molecule has 2 nitrogen and oxygen atoms in total. The van der Waals surface area contributed by atoms with Gasteiger partial charge in [0.05, 0.1) is 5.52 Å². The second-order valence-electron chi connectivity index (χ2n) is 5.25. The summed E-state index contributed by atoms with van der Waals surface area (Å²) in [4.78, 5) is 2.81. The van der Waals surface area contributed by atoms with Crippen LogP contribution >= 0.6 is 12.2 Å². The van der Waals surface area contributed by atoms with Crippen LogP contribution in [0.2, 0.25) is 0 Å². The summed E-state index contributed by atoms with van der Waals surface area (Å²) < 4.78 is 29.1. The van der Waals surface area contributed by atoms with E-state index in [1.165, 1.54) is 6.07 Å². The van der Waals surface area contributed by atoms with Gasteiger partial charge < -0.3 is 9.55 Å². The highest BCUT2D eigenvalue weighted by Gasteiger charge is 2.10. The number of hydrogen-bond acceptors (Lipinski definition) is 1. The summed E-state index contributed by atoms with van der Waals surface area (Å²) in [7, 11) is 0. The zero-order valence-corrected chi connectivity index (χ0v) is 12.0. The standard InChI is InChI=1S/C14H18F2N2S/c1-9(2)5-3-4-6-18-12-8-10(15)7-11(16)13(12)17-14(18)19/h7-9H,3-6H2,1-2H3,(H,17,19). The minimum atomic E-state index is -0.595. The zero-order valence-electron chi connectivity index (χ0n) is 11.2. The molecular weight excluding hydrogens is 266 g/mol. The number of nitrogens with zero attached hydrogens (tertiary/aromatic N) is 1. The molecule has 2 rings (SSSR count). The third kappa shape index (κ3) is 3.21. The molecule has 2 aromatic rings. The van der Waals surface area contributed by atoms with E-state index in [-0.39, 0.29) is 5.52 Å². The maximum absolute atomic E-state index is 13.6. The van der Waals surface area contributed by atoms with Gasteiger partial charge in [-0.15, -0.1) is 0 Å². The number of imidazole rings is 1. The van der Waals surface area contributed by atoms with Crippen LogP contribution < -0.4 is 0 Å². The van der Waals surface area contributed by atoms with E-state index in [9.17, 15) is 8.78 Å². The van der Waals surface area contributed by atoms with Gasteiger partial charge in [0.1, 0.15) is 11.3 Å². The topological polar surface area (TPSA) is 20.7 Å². The third-order valence-corrected chi connectivity index (χ3v) is 3.54. The Bertz CT molecular complexity index is 628. The molecule has 0 aliphatic heterocycles. The third-order valence-electron chi connectivity index (χ3n) is 3.22. The van der Waals surface area contributed by atoms with Gasteiger partial charge in [-0.2, -0.15) is 0 Å². The Morgan fingerprint density at radius 2 is 2.00 bits per heavy atom. The lowest BCUT2D eigenvalue weighted by molar-refractivity contribution is 0.511. The van der Waals surface area contributed by atoms with Gasteiger partial charge in [0.2, 0.25) is 0 Å². The predicted molar refractivity (Wildman–Crippen MR) is 75.7 cm³/mol. The second kappa shape index (κ2) is 5.82. The number of rotatable bonds is 5. The van der Waals surface area contributed by atoms with Gasteiger partial charge >= 0.3 is 0 Å². The van der Waals surface area contributed by atoms with Crippen molar-refractivity contribution in [3.8, 4) is 0 Å². The summed E-state index contributed by atoms with van der Waals surface area (Å²) >= 11 is 5.18. The first-order valence-electron chi connectivity index (χ1n) is 6.56. The molecular formula is C14H18F2N2S. The molecule has 0 amide bonds. The summed E-state index contributed by atoms with van der Waals surface area (Å²) in [6, 6.07) is 2.20. The van der Waals surface area contributed by atoms with E-state index in [4.69, 9.17) is 12.2 Å². The van der Waals surface area contributed by atoms with Crippen LogP contribution in [0.3, 0.4) is 0 Å². The Morgan fingerprint density at radius 3 is 2.68 bits per heavy atom. The maximum atomic E-state index is 13.6. The quantitative estimate of drug-likeness (QED) is 0.617. The number of unbranched alkanes of at least 4 members (excludes halogenated alkanes) is 1. The Labute approximate surface area is 116 Å². The second-order valence-corrected chi connectivity index (χ2v) is 5.64. The molecule has 1 N–H and O–H groups in total. The lowest BCUT2D eigenvalue weighted by Crippen LogP contribution is -1.99. The van der Waals surface area contributed by atoms with Crippen LogP contribution in [0.15, 0.2) is 12.1 Å². The number of hydrogen-bond donors (Lipinski definition) is 1. The van der Waals surface area contributed by atoms with Gasteiger partial charge in [-0.1, -0.05) is 26.7 Å². The fourth-order valence-corrected chi connectivity index (χ4v) is 2.52. The molecule has 0 atom stereocenters. The van der Waals surface area contributed by atoms with Crippen LogP contribution in [0.25, 0.3) is 11.0 Å². The molecule has 1 heterocycles. The Kier molecular flexibility index (Phi) is 4.34. The molecule has 5 heteroatoms. The highest BCUT2D eigenvalue weighted by atomic mass is 32.1. The molecule has 0 unspecified atom stereocenters. The van der Waals surface area contributed by atoms with Gasteiger partial charge in [0, 0.05) is 12.6 Å². The summed E-state index contributed by atoms with van der Waals surface area (Å²) in [5, 5.41) is 0. The average molecular weight is 284 g/mol.